The summed E-state index contributed by atoms with van der Waals surface area (Å²) in [5.74, 6) is -0.308. The van der Waals surface area contributed by atoms with Crippen LogP contribution in [0.3, 0.4) is 0 Å². The smallest absolute Gasteiger partial charge is 0.259 e. The van der Waals surface area contributed by atoms with Gasteiger partial charge < -0.3 is 14.8 Å². The summed E-state index contributed by atoms with van der Waals surface area (Å²) in [5.41, 5.74) is 1.04. The van der Waals surface area contributed by atoms with Crippen LogP contribution in [0, 0.1) is 0 Å². The number of nitrogens with one attached hydrogen (secondary N) is 1. The van der Waals surface area contributed by atoms with Crippen LogP contribution in [-0.2, 0) is 0 Å². The minimum absolute atomic E-state index is 0.108. The minimum Gasteiger partial charge on any atom is -0.349 e. The van der Waals surface area contributed by atoms with Gasteiger partial charge in [0.2, 0.25) is 5.43 Å². The SMILES string of the molecule is O=C(NC1CCCCCC1)c1cn(C2CC2)cc(C(=O)N2CCC[C@@H](c3ccccc3)C2)c1=O. The van der Waals surface area contributed by atoms with Crippen molar-refractivity contribution in [3.8, 4) is 0 Å². The summed E-state index contributed by atoms with van der Waals surface area (Å²) >= 11 is 0. The summed E-state index contributed by atoms with van der Waals surface area (Å²) in [6.07, 6.45) is 13.8. The second-order valence-corrected chi connectivity index (χ2v) is 10.3. The molecule has 1 aromatic carbocycles. The number of carbonyl (C=O) groups excluding carboxylic acids is 2. The summed E-state index contributed by atoms with van der Waals surface area (Å²) in [6, 6.07) is 10.7. The van der Waals surface area contributed by atoms with E-state index in [1.165, 1.54) is 18.4 Å². The molecule has 1 saturated heterocycles. The number of pyridine rings is 1. The molecule has 1 aromatic heterocycles. The third-order valence-electron chi connectivity index (χ3n) is 7.66. The molecule has 0 unspecified atom stereocenters. The maximum Gasteiger partial charge on any atom is 0.259 e. The lowest BCUT2D eigenvalue weighted by Gasteiger charge is -2.33. The zero-order valence-electron chi connectivity index (χ0n) is 19.9. The van der Waals surface area contributed by atoms with Crippen molar-refractivity contribution in [1.29, 1.82) is 0 Å². The molecule has 180 valence electrons. The molecule has 2 amide bonds. The summed E-state index contributed by atoms with van der Waals surface area (Å²) in [4.78, 5) is 42.0. The topological polar surface area (TPSA) is 71.4 Å². The van der Waals surface area contributed by atoms with Crippen LogP contribution in [0.15, 0.2) is 47.5 Å². The zero-order valence-corrected chi connectivity index (χ0v) is 19.9. The molecular weight excluding hydrogens is 426 g/mol. The van der Waals surface area contributed by atoms with Gasteiger partial charge in [-0.2, -0.15) is 0 Å². The summed E-state index contributed by atoms with van der Waals surface area (Å²) in [5, 5.41) is 3.10. The predicted octanol–water partition coefficient (Wildman–Crippen LogP) is 4.66. The average molecular weight is 462 g/mol. The Labute approximate surface area is 201 Å². The van der Waals surface area contributed by atoms with Gasteiger partial charge in [0, 0.05) is 43.5 Å². The van der Waals surface area contributed by atoms with Crippen LogP contribution in [-0.4, -0.2) is 40.4 Å². The highest BCUT2D eigenvalue weighted by atomic mass is 16.2. The second-order valence-electron chi connectivity index (χ2n) is 10.3. The van der Waals surface area contributed by atoms with Crippen molar-refractivity contribution in [3.05, 3.63) is 69.6 Å². The van der Waals surface area contributed by atoms with E-state index in [1.54, 1.807) is 12.4 Å². The van der Waals surface area contributed by atoms with Crippen molar-refractivity contribution in [1.82, 2.24) is 14.8 Å². The van der Waals surface area contributed by atoms with Gasteiger partial charge in [-0.25, -0.2) is 0 Å². The van der Waals surface area contributed by atoms with Gasteiger partial charge in [-0.05, 0) is 44.1 Å². The van der Waals surface area contributed by atoms with Crippen LogP contribution in [0.25, 0.3) is 0 Å². The van der Waals surface area contributed by atoms with Crippen molar-refractivity contribution in [2.75, 3.05) is 13.1 Å². The van der Waals surface area contributed by atoms with Crippen LogP contribution in [0.4, 0.5) is 0 Å². The number of benzene rings is 1. The maximum absolute atomic E-state index is 13.6. The van der Waals surface area contributed by atoms with Crippen LogP contribution in [0.5, 0.6) is 0 Å². The van der Waals surface area contributed by atoms with Crippen molar-refractivity contribution >= 4 is 11.8 Å². The molecule has 1 aliphatic heterocycles. The van der Waals surface area contributed by atoms with Gasteiger partial charge in [-0.3, -0.25) is 14.4 Å². The molecule has 6 heteroatoms. The monoisotopic (exact) mass is 461 g/mol. The largest absolute Gasteiger partial charge is 0.349 e. The van der Waals surface area contributed by atoms with E-state index in [1.807, 2.05) is 27.7 Å². The first kappa shape index (κ1) is 22.9. The highest BCUT2D eigenvalue weighted by Gasteiger charge is 2.31. The molecule has 2 aliphatic carbocycles. The maximum atomic E-state index is 13.6. The van der Waals surface area contributed by atoms with Crippen LogP contribution < -0.4 is 10.7 Å². The molecule has 1 atom stereocenters. The van der Waals surface area contributed by atoms with Gasteiger partial charge in [-0.1, -0.05) is 56.0 Å². The lowest BCUT2D eigenvalue weighted by molar-refractivity contribution is 0.0705. The van der Waals surface area contributed by atoms with E-state index in [-0.39, 0.29) is 40.9 Å². The van der Waals surface area contributed by atoms with Crippen molar-refractivity contribution in [3.63, 3.8) is 0 Å². The van der Waals surface area contributed by atoms with E-state index in [0.29, 0.717) is 13.1 Å². The van der Waals surface area contributed by atoms with Gasteiger partial charge in [0.25, 0.3) is 11.8 Å². The normalized spacial score (nSPS) is 21.6. The van der Waals surface area contributed by atoms with E-state index in [4.69, 9.17) is 0 Å². The molecule has 2 saturated carbocycles. The Balaban J connectivity index is 1.39. The lowest BCUT2D eigenvalue weighted by atomic mass is 9.90. The molecule has 2 heterocycles. The van der Waals surface area contributed by atoms with Crippen LogP contribution in [0.2, 0.25) is 0 Å². The van der Waals surface area contributed by atoms with Crippen molar-refractivity contribution in [2.45, 2.75) is 82.2 Å². The van der Waals surface area contributed by atoms with Gasteiger partial charge in [0.1, 0.15) is 11.1 Å². The fourth-order valence-electron chi connectivity index (χ4n) is 5.51. The third-order valence-corrected chi connectivity index (χ3v) is 7.66. The number of aromatic nitrogens is 1. The molecule has 5 rings (SSSR count). The molecular formula is C28H35N3O3. The Morgan fingerprint density at radius 2 is 1.53 bits per heavy atom. The van der Waals surface area contributed by atoms with E-state index in [2.05, 4.69) is 17.4 Å². The first-order valence-corrected chi connectivity index (χ1v) is 13.0. The minimum atomic E-state index is -0.435. The van der Waals surface area contributed by atoms with E-state index in [0.717, 1.165) is 51.4 Å². The third kappa shape index (κ3) is 5.11. The van der Waals surface area contributed by atoms with E-state index >= 15 is 0 Å². The molecule has 6 nitrogen and oxygen atoms in total. The fraction of sp³-hybridized carbons (Fsp3) is 0.536. The van der Waals surface area contributed by atoms with Gasteiger partial charge in [-0.15, -0.1) is 0 Å². The number of amides is 2. The Kier molecular flexibility index (Phi) is 6.84. The van der Waals surface area contributed by atoms with Gasteiger partial charge >= 0.3 is 0 Å². The average Bonchev–Trinajstić information content (AvgIpc) is 3.73. The molecule has 3 fully saturated rings. The Morgan fingerprint density at radius 3 is 2.24 bits per heavy atom. The molecule has 34 heavy (non-hydrogen) atoms. The number of piperidine rings is 1. The van der Waals surface area contributed by atoms with Crippen LogP contribution >= 0.6 is 0 Å². The molecule has 0 spiro atoms. The Bertz CT molecular complexity index is 1080. The summed E-state index contributed by atoms with van der Waals surface area (Å²) in [6.45, 7) is 1.24. The quantitative estimate of drug-likeness (QED) is 0.659. The number of nitrogens with zero attached hydrogens (tertiary/aromatic N) is 2. The standard InChI is InChI=1S/C28H35N3O3/c32-26-24(27(33)29-22-12-6-1-2-7-13-22)18-31(23-14-15-23)19-25(26)28(34)30-16-8-11-21(17-30)20-9-4-3-5-10-20/h3-5,9-10,18-19,21-23H,1-2,6-8,11-17H2,(H,29,33)/t21-/m1/s1. The predicted molar refractivity (Wildman–Crippen MR) is 132 cm³/mol. The fourth-order valence-corrected chi connectivity index (χ4v) is 5.51. The first-order chi connectivity index (χ1) is 16.6. The van der Waals surface area contributed by atoms with E-state index < -0.39 is 5.43 Å². The zero-order chi connectivity index (χ0) is 23.5. The summed E-state index contributed by atoms with van der Waals surface area (Å²) < 4.78 is 1.93. The number of rotatable bonds is 5. The summed E-state index contributed by atoms with van der Waals surface area (Å²) in [7, 11) is 0. The lowest BCUT2D eigenvalue weighted by Crippen LogP contribution is -2.43. The number of likely N-dealkylation sites (tertiary alicyclic amines) is 1. The molecule has 3 aliphatic rings. The van der Waals surface area contributed by atoms with Crippen LogP contribution in [0.1, 0.15) is 102 Å². The van der Waals surface area contributed by atoms with Crippen molar-refractivity contribution < 1.29 is 9.59 Å². The molecule has 0 bridgehead atoms. The number of hydrogen-bond acceptors (Lipinski definition) is 3. The van der Waals surface area contributed by atoms with Gasteiger partial charge in [0.05, 0.1) is 0 Å². The molecule has 0 radical (unpaired) electrons. The highest BCUT2D eigenvalue weighted by Crippen LogP contribution is 2.35. The first-order valence-electron chi connectivity index (χ1n) is 13.0. The number of hydrogen-bond donors (Lipinski definition) is 1. The van der Waals surface area contributed by atoms with E-state index in [9.17, 15) is 14.4 Å². The van der Waals surface area contributed by atoms with Gasteiger partial charge in [0.15, 0.2) is 0 Å². The Morgan fingerprint density at radius 1 is 0.824 bits per heavy atom. The Hall–Kier alpha value is -2.89. The molecule has 1 N–H and O–H groups in total. The number of carbonyl (C=O) groups is 2. The second kappa shape index (κ2) is 10.2. The highest BCUT2D eigenvalue weighted by molar-refractivity contribution is 5.99. The van der Waals surface area contributed by atoms with Crippen molar-refractivity contribution in [2.24, 2.45) is 0 Å². The molecule has 2 aromatic rings.